The molecular weight excluding hydrogens is 292 g/mol. The molecule has 2 aromatic rings. The molecule has 0 fully saturated rings. The number of hydrogen-bond donors (Lipinski definition) is 0. The minimum Gasteiger partial charge on any atom is -0.497 e. The smallest absolute Gasteiger partial charge is 0.175 e. The van der Waals surface area contributed by atoms with Gasteiger partial charge in [0.2, 0.25) is 0 Å². The Bertz CT molecular complexity index is 534. The molecule has 0 aliphatic rings. The fourth-order valence-electron chi connectivity index (χ4n) is 2.54. The van der Waals surface area contributed by atoms with E-state index in [1.54, 1.807) is 28.4 Å². The molecule has 0 saturated carbocycles. The summed E-state index contributed by atoms with van der Waals surface area (Å²) in [5.74, 6) is 0.970. The first kappa shape index (κ1) is 17.3. The molecule has 2 aromatic carbocycles. The predicted octanol–water partition coefficient (Wildman–Crippen LogP) is 3.48. The third-order valence-electron chi connectivity index (χ3n) is 4.01. The van der Waals surface area contributed by atoms with Crippen LogP contribution < -0.4 is 9.47 Å². The van der Waals surface area contributed by atoms with Gasteiger partial charge in [-0.05, 0) is 35.4 Å². The maximum atomic E-state index is 5.72. The van der Waals surface area contributed by atoms with Crippen molar-refractivity contribution in [3.63, 3.8) is 0 Å². The highest BCUT2D eigenvalue weighted by atomic mass is 16.7. The molecule has 0 aliphatic carbocycles. The normalized spacial score (nSPS) is 11.3. The van der Waals surface area contributed by atoms with Gasteiger partial charge in [0.1, 0.15) is 11.5 Å². The maximum Gasteiger partial charge on any atom is 0.175 e. The van der Waals surface area contributed by atoms with Crippen molar-refractivity contribution in [1.82, 2.24) is 0 Å². The van der Waals surface area contributed by atoms with Gasteiger partial charge in [0.05, 0.1) is 14.2 Å². The monoisotopic (exact) mass is 316 g/mol. The molecule has 0 unspecified atom stereocenters. The summed E-state index contributed by atoms with van der Waals surface area (Å²) < 4.78 is 21.8. The minimum atomic E-state index is -0.705. The van der Waals surface area contributed by atoms with E-state index >= 15 is 0 Å². The van der Waals surface area contributed by atoms with E-state index < -0.39 is 5.79 Å². The fraction of sp³-hybridized carbons (Fsp3) is 0.368. The molecule has 0 spiro atoms. The summed E-state index contributed by atoms with van der Waals surface area (Å²) >= 11 is 0. The number of hydrogen-bond acceptors (Lipinski definition) is 4. The molecule has 0 aromatic heterocycles. The van der Waals surface area contributed by atoms with E-state index in [-0.39, 0.29) is 0 Å². The molecule has 4 nitrogen and oxygen atoms in total. The summed E-state index contributed by atoms with van der Waals surface area (Å²) in [7, 11) is 6.67. The van der Waals surface area contributed by atoms with Crippen LogP contribution in [-0.4, -0.2) is 34.2 Å². The van der Waals surface area contributed by atoms with E-state index in [1.807, 2.05) is 48.5 Å². The average molecular weight is 316 g/mol. The van der Waals surface area contributed by atoms with Crippen molar-refractivity contribution in [2.24, 2.45) is 0 Å². The Morgan fingerprint density at radius 1 is 0.609 bits per heavy atom. The van der Waals surface area contributed by atoms with Gasteiger partial charge in [-0.15, -0.1) is 0 Å². The molecule has 0 radical (unpaired) electrons. The average Bonchev–Trinajstić information content (AvgIpc) is 2.62. The van der Waals surface area contributed by atoms with E-state index in [9.17, 15) is 0 Å². The van der Waals surface area contributed by atoms with Crippen LogP contribution in [0.1, 0.15) is 11.1 Å². The first-order valence-electron chi connectivity index (χ1n) is 7.51. The van der Waals surface area contributed by atoms with Crippen molar-refractivity contribution in [2.75, 3.05) is 28.4 Å². The van der Waals surface area contributed by atoms with Crippen LogP contribution in [0.3, 0.4) is 0 Å². The van der Waals surface area contributed by atoms with Gasteiger partial charge in [-0.3, -0.25) is 0 Å². The minimum absolute atomic E-state index is 0.649. The number of rotatable bonds is 8. The third-order valence-corrected chi connectivity index (χ3v) is 4.01. The molecule has 23 heavy (non-hydrogen) atoms. The topological polar surface area (TPSA) is 36.9 Å². The molecule has 0 saturated heterocycles. The lowest BCUT2D eigenvalue weighted by Gasteiger charge is -2.31. The lowest BCUT2D eigenvalue weighted by molar-refractivity contribution is -0.204. The Morgan fingerprint density at radius 2 is 0.957 bits per heavy atom. The Labute approximate surface area is 137 Å². The molecule has 0 aliphatic heterocycles. The third kappa shape index (κ3) is 4.47. The molecule has 0 bridgehead atoms. The van der Waals surface area contributed by atoms with Gasteiger partial charge < -0.3 is 18.9 Å². The summed E-state index contributed by atoms with van der Waals surface area (Å²) in [6, 6.07) is 15.9. The van der Waals surface area contributed by atoms with Crippen molar-refractivity contribution in [2.45, 2.75) is 18.6 Å². The van der Waals surface area contributed by atoms with Crippen molar-refractivity contribution in [1.29, 1.82) is 0 Å². The first-order valence-corrected chi connectivity index (χ1v) is 7.51. The van der Waals surface area contributed by atoms with Crippen molar-refractivity contribution in [3.8, 4) is 11.5 Å². The highest BCUT2D eigenvalue weighted by molar-refractivity contribution is 5.30. The second-order valence-electron chi connectivity index (χ2n) is 5.37. The van der Waals surface area contributed by atoms with E-state index in [2.05, 4.69) is 0 Å². The Kier molecular flexibility index (Phi) is 6.02. The zero-order chi connectivity index (χ0) is 16.7. The van der Waals surface area contributed by atoms with E-state index in [0.29, 0.717) is 12.8 Å². The first-order chi connectivity index (χ1) is 11.1. The molecule has 4 heteroatoms. The standard InChI is InChI=1S/C19H24O4/c1-20-17-9-5-15(6-10-17)13-19(22-3,23-4)14-16-7-11-18(21-2)12-8-16/h5-12H,13-14H2,1-4H3. The zero-order valence-corrected chi connectivity index (χ0v) is 14.2. The summed E-state index contributed by atoms with van der Waals surface area (Å²) in [4.78, 5) is 0. The summed E-state index contributed by atoms with van der Waals surface area (Å²) in [5, 5.41) is 0. The van der Waals surface area contributed by atoms with Crippen LogP contribution in [-0.2, 0) is 22.3 Å². The second-order valence-corrected chi connectivity index (χ2v) is 5.37. The van der Waals surface area contributed by atoms with Crippen LogP contribution >= 0.6 is 0 Å². The number of benzene rings is 2. The van der Waals surface area contributed by atoms with Crippen LogP contribution in [0.5, 0.6) is 11.5 Å². The van der Waals surface area contributed by atoms with Gasteiger partial charge in [-0.2, -0.15) is 0 Å². The Balaban J connectivity index is 2.16. The molecule has 2 rings (SSSR count). The van der Waals surface area contributed by atoms with Crippen LogP contribution in [0, 0.1) is 0 Å². The maximum absolute atomic E-state index is 5.72. The molecule has 124 valence electrons. The molecular formula is C19H24O4. The molecule has 0 heterocycles. The van der Waals surface area contributed by atoms with E-state index in [4.69, 9.17) is 18.9 Å². The SMILES string of the molecule is COc1ccc(CC(Cc2ccc(OC)cc2)(OC)OC)cc1. The van der Waals surface area contributed by atoms with Crippen LogP contribution in [0.4, 0.5) is 0 Å². The summed E-state index contributed by atoms with van der Waals surface area (Å²) in [5.41, 5.74) is 2.26. The van der Waals surface area contributed by atoms with Crippen molar-refractivity contribution in [3.05, 3.63) is 59.7 Å². The van der Waals surface area contributed by atoms with Crippen molar-refractivity contribution < 1.29 is 18.9 Å². The highest BCUT2D eigenvalue weighted by Gasteiger charge is 2.30. The van der Waals surface area contributed by atoms with Crippen molar-refractivity contribution >= 4 is 0 Å². The van der Waals surface area contributed by atoms with Crippen LogP contribution in [0.2, 0.25) is 0 Å². The van der Waals surface area contributed by atoms with Gasteiger partial charge in [-0.25, -0.2) is 0 Å². The largest absolute Gasteiger partial charge is 0.497 e. The Morgan fingerprint density at radius 3 is 1.22 bits per heavy atom. The van der Waals surface area contributed by atoms with Gasteiger partial charge >= 0.3 is 0 Å². The molecule has 0 N–H and O–H groups in total. The van der Waals surface area contributed by atoms with Gasteiger partial charge in [-0.1, -0.05) is 24.3 Å². The van der Waals surface area contributed by atoms with E-state index in [0.717, 1.165) is 22.6 Å². The molecule has 0 atom stereocenters. The highest BCUT2D eigenvalue weighted by Crippen LogP contribution is 2.25. The van der Waals surface area contributed by atoms with E-state index in [1.165, 1.54) is 0 Å². The summed E-state index contributed by atoms with van der Waals surface area (Å²) in [6.07, 6.45) is 1.30. The Hall–Kier alpha value is -2.04. The number of methoxy groups -OCH3 is 4. The lowest BCUT2D eigenvalue weighted by Crippen LogP contribution is -2.38. The van der Waals surface area contributed by atoms with Crippen LogP contribution in [0.15, 0.2) is 48.5 Å². The quantitative estimate of drug-likeness (QED) is 0.699. The van der Waals surface area contributed by atoms with Gasteiger partial charge in [0.15, 0.2) is 5.79 Å². The zero-order valence-electron chi connectivity index (χ0n) is 14.2. The summed E-state index contributed by atoms with van der Waals surface area (Å²) in [6.45, 7) is 0. The second kappa shape index (κ2) is 7.99. The van der Waals surface area contributed by atoms with Crippen LogP contribution in [0.25, 0.3) is 0 Å². The van der Waals surface area contributed by atoms with Gasteiger partial charge in [0, 0.05) is 27.1 Å². The predicted molar refractivity (Wildman–Crippen MR) is 90.1 cm³/mol. The lowest BCUT2D eigenvalue weighted by atomic mass is 9.97. The molecule has 0 amide bonds. The van der Waals surface area contributed by atoms with Gasteiger partial charge in [0.25, 0.3) is 0 Å². The number of ether oxygens (including phenoxy) is 4. The fourth-order valence-corrected chi connectivity index (χ4v) is 2.54.